The normalized spacial score (nSPS) is 26.4. The highest BCUT2D eigenvalue weighted by Crippen LogP contribution is 2.27. The Hall–Kier alpha value is -2.78. The topological polar surface area (TPSA) is 126 Å². The van der Waals surface area contributed by atoms with Crippen molar-refractivity contribution in [3.63, 3.8) is 0 Å². The molecule has 0 radical (unpaired) electrons. The highest BCUT2D eigenvalue weighted by atomic mass is 16.5. The van der Waals surface area contributed by atoms with Gasteiger partial charge in [0.05, 0.1) is 17.8 Å². The van der Waals surface area contributed by atoms with Gasteiger partial charge in [-0.1, -0.05) is 30.3 Å². The van der Waals surface area contributed by atoms with Crippen LogP contribution in [0.1, 0.15) is 6.23 Å². The maximum atomic E-state index is 10.5. The number of aromatic nitrogens is 2. The largest absolute Gasteiger partial charge is 0.388 e. The summed E-state index contributed by atoms with van der Waals surface area (Å²) in [4.78, 5) is 8.93. The number of nitrogen functional groups attached to an aromatic ring is 1. The molecule has 0 aliphatic carbocycles. The highest BCUT2D eigenvalue weighted by molar-refractivity contribution is 5.88. The zero-order valence-electron chi connectivity index (χ0n) is 14.4. The Balaban J connectivity index is 1.98. The molecule has 8 nitrogen and oxygen atoms in total. The number of anilines is 1. The number of para-hydroxylation sites is 2. The monoisotopic (exact) mass is 368 g/mol. The lowest BCUT2D eigenvalue weighted by molar-refractivity contribution is -0.210. The molecule has 0 saturated carbocycles. The summed E-state index contributed by atoms with van der Waals surface area (Å²) in [6.07, 6.45) is -4.86. The van der Waals surface area contributed by atoms with Gasteiger partial charge in [0.15, 0.2) is 6.23 Å². The molecule has 5 N–H and O–H groups in total. The van der Waals surface area contributed by atoms with Crippen LogP contribution in [-0.2, 0) is 4.74 Å². The molecular weight excluding hydrogens is 348 g/mol. The van der Waals surface area contributed by atoms with Gasteiger partial charge < -0.3 is 25.8 Å². The third-order valence-electron chi connectivity index (χ3n) is 4.59. The Morgan fingerprint density at radius 1 is 1.00 bits per heavy atom. The van der Waals surface area contributed by atoms with Crippen LogP contribution in [0.25, 0.3) is 10.9 Å². The summed E-state index contributed by atoms with van der Waals surface area (Å²) >= 11 is 0. The van der Waals surface area contributed by atoms with Gasteiger partial charge in [0.2, 0.25) is 5.62 Å². The van der Waals surface area contributed by atoms with Crippen molar-refractivity contribution in [2.45, 2.75) is 24.5 Å². The van der Waals surface area contributed by atoms with Gasteiger partial charge in [0.1, 0.15) is 24.1 Å². The van der Waals surface area contributed by atoms with Gasteiger partial charge in [-0.3, -0.25) is 4.57 Å². The van der Waals surface area contributed by atoms with E-state index in [2.05, 4.69) is 9.98 Å². The predicted octanol–water partition coefficient (Wildman–Crippen LogP) is 0.462. The lowest BCUT2D eigenvalue weighted by atomic mass is 10.0. The van der Waals surface area contributed by atoms with Crippen molar-refractivity contribution in [1.29, 1.82) is 0 Å². The molecule has 1 aliphatic heterocycles. The summed E-state index contributed by atoms with van der Waals surface area (Å²) in [6, 6.07) is 16.5. The van der Waals surface area contributed by atoms with Crippen molar-refractivity contribution >= 4 is 22.4 Å². The molecule has 2 aromatic carbocycles. The van der Waals surface area contributed by atoms with E-state index in [1.54, 1.807) is 10.6 Å². The summed E-state index contributed by atoms with van der Waals surface area (Å²) in [6.45, 7) is -0.126. The molecule has 0 unspecified atom stereocenters. The van der Waals surface area contributed by atoms with Gasteiger partial charge in [-0.2, -0.15) is 4.98 Å². The minimum Gasteiger partial charge on any atom is -0.388 e. The molecule has 0 bridgehead atoms. The number of hydrogen-bond donors (Lipinski definition) is 4. The number of aliphatic hydroxyl groups is 3. The average Bonchev–Trinajstić information content (AvgIpc) is 2.68. The summed E-state index contributed by atoms with van der Waals surface area (Å²) < 4.78 is 7.24. The van der Waals surface area contributed by atoms with Crippen LogP contribution in [0.2, 0.25) is 0 Å². The summed E-state index contributed by atoms with van der Waals surface area (Å²) in [7, 11) is 0. The van der Waals surface area contributed by atoms with Crippen LogP contribution in [0.3, 0.4) is 0 Å². The highest BCUT2D eigenvalue weighted by Gasteiger charge is 2.39. The van der Waals surface area contributed by atoms with E-state index in [0.29, 0.717) is 22.4 Å². The minimum absolute atomic E-state index is 0.126. The van der Waals surface area contributed by atoms with Crippen LogP contribution in [0.5, 0.6) is 0 Å². The number of benzene rings is 2. The first kappa shape index (κ1) is 17.6. The average molecular weight is 368 g/mol. The summed E-state index contributed by atoms with van der Waals surface area (Å²) in [5.74, 6) is 0.294. The number of nitrogens with two attached hydrogens (primary N) is 1. The molecule has 0 amide bonds. The Labute approximate surface area is 154 Å². The zero-order chi connectivity index (χ0) is 19.0. The van der Waals surface area contributed by atoms with Crippen LogP contribution < -0.4 is 11.4 Å². The van der Waals surface area contributed by atoms with Crippen molar-refractivity contribution in [2.24, 2.45) is 4.99 Å². The number of rotatable bonds is 2. The van der Waals surface area contributed by atoms with Crippen molar-refractivity contribution in [3.05, 3.63) is 60.2 Å². The second-order valence-electron chi connectivity index (χ2n) is 6.40. The van der Waals surface area contributed by atoms with E-state index in [4.69, 9.17) is 10.5 Å². The SMILES string of the molecule is Nc1nc(=Nc2ccccc2)n([C@@H]2OC[C@@H](O)[C@@H](O)[C@H]2O)c2ccccc12. The fourth-order valence-electron chi connectivity index (χ4n) is 3.20. The molecule has 27 heavy (non-hydrogen) atoms. The maximum absolute atomic E-state index is 10.5. The Morgan fingerprint density at radius 3 is 2.48 bits per heavy atom. The molecule has 140 valence electrons. The molecule has 1 saturated heterocycles. The van der Waals surface area contributed by atoms with Crippen LogP contribution in [0.4, 0.5) is 11.5 Å². The van der Waals surface area contributed by atoms with Crippen molar-refractivity contribution in [1.82, 2.24) is 9.55 Å². The third-order valence-corrected chi connectivity index (χ3v) is 4.59. The van der Waals surface area contributed by atoms with E-state index in [1.165, 1.54) is 0 Å². The van der Waals surface area contributed by atoms with Crippen LogP contribution in [-0.4, -0.2) is 49.8 Å². The number of fused-ring (bicyclic) bond motifs is 1. The molecule has 1 aromatic heterocycles. The lowest BCUT2D eigenvalue weighted by Crippen LogP contribution is -2.52. The van der Waals surface area contributed by atoms with E-state index in [9.17, 15) is 15.3 Å². The number of aliphatic hydroxyl groups excluding tert-OH is 3. The number of nitrogens with zero attached hydrogens (tertiary/aromatic N) is 3. The Kier molecular flexibility index (Phi) is 4.63. The minimum atomic E-state index is -1.36. The van der Waals surface area contributed by atoms with Gasteiger partial charge in [-0.25, -0.2) is 4.99 Å². The molecule has 1 aliphatic rings. The van der Waals surface area contributed by atoms with Crippen LogP contribution in [0, 0.1) is 0 Å². The van der Waals surface area contributed by atoms with E-state index < -0.39 is 24.5 Å². The molecule has 0 spiro atoms. The molecule has 4 rings (SSSR count). The number of ether oxygens (including phenoxy) is 1. The van der Waals surface area contributed by atoms with Gasteiger partial charge in [-0.05, 0) is 24.3 Å². The second-order valence-corrected chi connectivity index (χ2v) is 6.40. The maximum Gasteiger partial charge on any atom is 0.234 e. The Bertz CT molecular complexity index is 1020. The lowest BCUT2D eigenvalue weighted by Gasteiger charge is -2.36. The van der Waals surface area contributed by atoms with Gasteiger partial charge in [0.25, 0.3) is 0 Å². The predicted molar refractivity (Wildman–Crippen MR) is 98.8 cm³/mol. The van der Waals surface area contributed by atoms with Gasteiger partial charge in [0, 0.05) is 5.39 Å². The van der Waals surface area contributed by atoms with Crippen LogP contribution in [0.15, 0.2) is 59.6 Å². The molecule has 2 heterocycles. The zero-order valence-corrected chi connectivity index (χ0v) is 14.4. The van der Waals surface area contributed by atoms with Crippen molar-refractivity contribution in [2.75, 3.05) is 12.3 Å². The first-order valence-electron chi connectivity index (χ1n) is 8.58. The first-order chi connectivity index (χ1) is 13.1. The quantitative estimate of drug-likeness (QED) is 0.521. The smallest absolute Gasteiger partial charge is 0.234 e. The van der Waals surface area contributed by atoms with Crippen molar-refractivity contribution in [3.8, 4) is 0 Å². The van der Waals surface area contributed by atoms with Crippen LogP contribution >= 0.6 is 0 Å². The van der Waals surface area contributed by atoms with E-state index >= 15 is 0 Å². The van der Waals surface area contributed by atoms with E-state index in [-0.39, 0.29) is 12.2 Å². The fourth-order valence-corrected chi connectivity index (χ4v) is 3.20. The number of hydrogen-bond acceptors (Lipinski definition) is 7. The fraction of sp³-hybridized carbons (Fsp3) is 0.263. The van der Waals surface area contributed by atoms with Gasteiger partial charge >= 0.3 is 0 Å². The molecular formula is C19H20N4O4. The molecule has 4 atom stereocenters. The second kappa shape index (κ2) is 7.09. The van der Waals surface area contributed by atoms with Crippen molar-refractivity contribution < 1.29 is 20.1 Å². The third kappa shape index (κ3) is 3.19. The first-order valence-corrected chi connectivity index (χ1v) is 8.58. The van der Waals surface area contributed by atoms with E-state index in [1.807, 2.05) is 48.5 Å². The molecule has 3 aromatic rings. The molecule has 8 heteroatoms. The standard InChI is InChI=1S/C19H20N4O4/c20-17-12-8-4-5-9-13(12)23(18-16(26)15(25)14(24)10-27-18)19(22-17)21-11-6-2-1-3-7-11/h1-9,14-16,18,24-26H,10H2,(H2,20,21,22)/t14-,15-,16-,18-/m1/s1. The summed E-state index contributed by atoms with van der Waals surface area (Å²) in [5, 5.41) is 31.1. The van der Waals surface area contributed by atoms with Gasteiger partial charge in [-0.15, -0.1) is 0 Å². The molecule has 1 fully saturated rings. The Morgan fingerprint density at radius 2 is 1.70 bits per heavy atom. The summed E-state index contributed by atoms with van der Waals surface area (Å²) in [5.41, 5.74) is 7.64. The van der Waals surface area contributed by atoms with E-state index in [0.717, 1.165) is 0 Å².